The van der Waals surface area contributed by atoms with Crippen molar-refractivity contribution in [2.75, 3.05) is 13.1 Å². The molecule has 90 valence electrons. The van der Waals surface area contributed by atoms with Crippen LogP contribution in [0.4, 0.5) is 0 Å². The second-order valence-electron chi connectivity index (χ2n) is 4.94. The number of carbonyl (C=O) groups is 1. The van der Waals surface area contributed by atoms with E-state index >= 15 is 0 Å². The SMILES string of the molecule is CC(C)(C)OC(=O)c1cccc2c1=NCCN=2. The molecular formula is C13H16N2O2. The van der Waals surface area contributed by atoms with Gasteiger partial charge in [-0.25, -0.2) is 4.79 Å². The molecule has 0 fully saturated rings. The Kier molecular flexibility index (Phi) is 2.96. The summed E-state index contributed by atoms with van der Waals surface area (Å²) in [5, 5.41) is 1.44. The number of benzene rings is 1. The van der Waals surface area contributed by atoms with E-state index in [4.69, 9.17) is 4.74 Å². The van der Waals surface area contributed by atoms with Crippen molar-refractivity contribution in [1.82, 2.24) is 0 Å². The van der Waals surface area contributed by atoms with E-state index in [1.165, 1.54) is 0 Å². The van der Waals surface area contributed by atoms with E-state index in [-0.39, 0.29) is 5.97 Å². The van der Waals surface area contributed by atoms with Crippen molar-refractivity contribution in [2.24, 2.45) is 9.98 Å². The molecule has 1 aliphatic heterocycles. The van der Waals surface area contributed by atoms with Gasteiger partial charge in [-0.1, -0.05) is 6.07 Å². The Morgan fingerprint density at radius 1 is 1.24 bits per heavy atom. The largest absolute Gasteiger partial charge is 0.456 e. The number of hydrogen-bond donors (Lipinski definition) is 0. The normalized spacial score (nSPS) is 14.3. The lowest BCUT2D eigenvalue weighted by Gasteiger charge is -2.19. The van der Waals surface area contributed by atoms with Gasteiger partial charge in [0.05, 0.1) is 29.4 Å². The first-order valence-electron chi connectivity index (χ1n) is 5.69. The number of nitrogens with zero attached hydrogens (tertiary/aromatic N) is 2. The zero-order valence-corrected chi connectivity index (χ0v) is 10.4. The lowest BCUT2D eigenvalue weighted by Crippen LogP contribution is -2.37. The van der Waals surface area contributed by atoms with Gasteiger partial charge >= 0.3 is 5.97 Å². The molecule has 0 aromatic heterocycles. The Labute approximate surface area is 100 Å². The summed E-state index contributed by atoms with van der Waals surface area (Å²) in [6, 6.07) is 5.41. The summed E-state index contributed by atoms with van der Waals surface area (Å²) < 4.78 is 5.35. The summed E-state index contributed by atoms with van der Waals surface area (Å²) in [5.41, 5.74) is 0.00638. The molecule has 0 spiro atoms. The Hall–Kier alpha value is -1.71. The summed E-state index contributed by atoms with van der Waals surface area (Å²) >= 11 is 0. The van der Waals surface area contributed by atoms with Crippen LogP contribution in [-0.4, -0.2) is 24.7 Å². The molecular weight excluding hydrogens is 216 g/mol. The number of esters is 1. The Balaban J connectivity index is 2.45. The highest BCUT2D eigenvalue weighted by Crippen LogP contribution is 2.09. The van der Waals surface area contributed by atoms with Gasteiger partial charge in [-0.15, -0.1) is 0 Å². The van der Waals surface area contributed by atoms with E-state index in [1.54, 1.807) is 6.07 Å². The van der Waals surface area contributed by atoms with E-state index in [1.807, 2.05) is 32.9 Å². The maximum absolute atomic E-state index is 12.0. The number of fused-ring (bicyclic) bond motifs is 1. The Morgan fingerprint density at radius 2 is 1.94 bits per heavy atom. The van der Waals surface area contributed by atoms with Gasteiger partial charge in [0.25, 0.3) is 0 Å². The summed E-state index contributed by atoms with van der Waals surface area (Å²) in [4.78, 5) is 20.7. The predicted molar refractivity (Wildman–Crippen MR) is 63.7 cm³/mol. The van der Waals surface area contributed by atoms with Crippen LogP contribution in [0.15, 0.2) is 28.2 Å². The van der Waals surface area contributed by atoms with Crippen molar-refractivity contribution in [3.05, 3.63) is 34.5 Å². The zero-order chi connectivity index (χ0) is 12.5. The van der Waals surface area contributed by atoms with E-state index in [0.717, 1.165) is 5.36 Å². The average molecular weight is 232 g/mol. The molecule has 0 aliphatic carbocycles. The van der Waals surface area contributed by atoms with Crippen LogP contribution >= 0.6 is 0 Å². The van der Waals surface area contributed by atoms with Crippen LogP contribution < -0.4 is 10.7 Å². The molecule has 1 heterocycles. The lowest BCUT2D eigenvalue weighted by atomic mass is 10.1. The number of hydrogen-bond acceptors (Lipinski definition) is 4. The highest BCUT2D eigenvalue weighted by atomic mass is 16.6. The van der Waals surface area contributed by atoms with Crippen molar-refractivity contribution in [3.8, 4) is 0 Å². The van der Waals surface area contributed by atoms with Crippen LogP contribution in [0.25, 0.3) is 0 Å². The first-order chi connectivity index (χ1) is 7.97. The van der Waals surface area contributed by atoms with Crippen LogP contribution in [0.1, 0.15) is 31.1 Å². The third-order valence-corrected chi connectivity index (χ3v) is 2.29. The fourth-order valence-electron chi connectivity index (χ4n) is 1.66. The maximum atomic E-state index is 12.0. The molecule has 0 unspecified atom stereocenters. The van der Waals surface area contributed by atoms with Gasteiger partial charge in [0.1, 0.15) is 5.60 Å². The smallest absolute Gasteiger partial charge is 0.340 e. The molecule has 0 atom stereocenters. The molecule has 1 aromatic rings. The number of para-hydroxylation sites is 1. The molecule has 2 rings (SSSR count). The fourth-order valence-corrected chi connectivity index (χ4v) is 1.66. The predicted octanol–water partition coefficient (Wildman–Crippen LogP) is 0.895. The van der Waals surface area contributed by atoms with Crippen LogP contribution in [0, 0.1) is 0 Å². The third kappa shape index (κ3) is 2.70. The number of ether oxygens (including phenoxy) is 1. The maximum Gasteiger partial charge on any atom is 0.340 e. The number of rotatable bonds is 1. The minimum absolute atomic E-state index is 0.338. The van der Waals surface area contributed by atoms with Crippen molar-refractivity contribution < 1.29 is 9.53 Å². The van der Waals surface area contributed by atoms with Crippen LogP contribution in [0.5, 0.6) is 0 Å². The van der Waals surface area contributed by atoms with Crippen LogP contribution in [0.2, 0.25) is 0 Å². The summed E-state index contributed by atoms with van der Waals surface area (Å²) in [7, 11) is 0. The Bertz CT molecular complexity index is 556. The molecule has 0 bridgehead atoms. The molecule has 0 saturated heterocycles. The summed E-state index contributed by atoms with van der Waals surface area (Å²) in [6.45, 7) is 6.86. The van der Waals surface area contributed by atoms with Gasteiger partial charge < -0.3 is 4.74 Å². The quantitative estimate of drug-likeness (QED) is 0.675. The van der Waals surface area contributed by atoms with Crippen molar-refractivity contribution in [2.45, 2.75) is 26.4 Å². The molecule has 0 radical (unpaired) electrons. The molecule has 4 nitrogen and oxygen atoms in total. The van der Waals surface area contributed by atoms with Gasteiger partial charge in [0.15, 0.2) is 0 Å². The molecule has 0 saturated carbocycles. The highest BCUT2D eigenvalue weighted by Gasteiger charge is 2.19. The van der Waals surface area contributed by atoms with E-state index in [2.05, 4.69) is 9.98 Å². The van der Waals surface area contributed by atoms with Crippen molar-refractivity contribution in [1.29, 1.82) is 0 Å². The molecule has 0 amide bonds. The van der Waals surface area contributed by atoms with Gasteiger partial charge in [-0.3, -0.25) is 9.98 Å². The Morgan fingerprint density at radius 3 is 2.65 bits per heavy atom. The topological polar surface area (TPSA) is 51.0 Å². The average Bonchev–Trinajstić information content (AvgIpc) is 2.26. The second-order valence-corrected chi connectivity index (χ2v) is 4.94. The van der Waals surface area contributed by atoms with Gasteiger partial charge in [0.2, 0.25) is 0 Å². The molecule has 4 heteroatoms. The van der Waals surface area contributed by atoms with Gasteiger partial charge in [-0.05, 0) is 32.9 Å². The molecule has 17 heavy (non-hydrogen) atoms. The van der Waals surface area contributed by atoms with Crippen molar-refractivity contribution >= 4 is 5.97 Å². The lowest BCUT2D eigenvalue weighted by molar-refractivity contribution is 0.00674. The van der Waals surface area contributed by atoms with E-state index < -0.39 is 5.60 Å². The zero-order valence-electron chi connectivity index (χ0n) is 10.4. The summed E-state index contributed by atoms with van der Waals surface area (Å²) in [6.07, 6.45) is 0. The number of carbonyl (C=O) groups excluding carboxylic acids is 1. The molecule has 1 aromatic carbocycles. The van der Waals surface area contributed by atoms with E-state index in [9.17, 15) is 4.79 Å². The first kappa shape index (κ1) is 11.8. The van der Waals surface area contributed by atoms with E-state index in [0.29, 0.717) is 24.0 Å². The molecule has 1 aliphatic rings. The standard InChI is InChI=1S/C13H16N2O2/c1-13(2,3)17-12(16)9-5-4-6-10-11(9)15-8-7-14-10/h4-6H,7-8H2,1-3H3. The minimum atomic E-state index is -0.494. The first-order valence-corrected chi connectivity index (χ1v) is 5.69. The van der Waals surface area contributed by atoms with Gasteiger partial charge in [0, 0.05) is 0 Å². The van der Waals surface area contributed by atoms with Crippen LogP contribution in [-0.2, 0) is 4.74 Å². The van der Waals surface area contributed by atoms with Crippen LogP contribution in [0.3, 0.4) is 0 Å². The highest BCUT2D eigenvalue weighted by molar-refractivity contribution is 5.89. The minimum Gasteiger partial charge on any atom is -0.456 e. The third-order valence-electron chi connectivity index (χ3n) is 2.29. The van der Waals surface area contributed by atoms with Crippen molar-refractivity contribution in [3.63, 3.8) is 0 Å². The summed E-state index contributed by atoms with van der Waals surface area (Å²) in [5.74, 6) is -0.338. The molecule has 0 N–H and O–H groups in total. The monoisotopic (exact) mass is 232 g/mol. The van der Waals surface area contributed by atoms with Gasteiger partial charge in [-0.2, -0.15) is 0 Å². The second kappa shape index (κ2) is 4.28. The fraction of sp³-hybridized carbons (Fsp3) is 0.462.